The smallest absolute Gasteiger partial charge is 0.126 e. The molecule has 0 aromatic heterocycles. The fourth-order valence-electron chi connectivity index (χ4n) is 1.61. The summed E-state index contributed by atoms with van der Waals surface area (Å²) in [5, 5.41) is 9.33. The monoisotopic (exact) mass is 156 g/mol. The molecule has 0 spiro atoms. The Kier molecular flexibility index (Phi) is 2.66. The van der Waals surface area contributed by atoms with Crippen LogP contribution < -0.4 is 0 Å². The molecule has 1 atom stereocenters. The fourth-order valence-corrected chi connectivity index (χ4v) is 1.61. The summed E-state index contributed by atoms with van der Waals surface area (Å²) in [4.78, 5) is 10.6. The Morgan fingerprint density at radius 3 is 2.55 bits per heavy atom. The molecule has 0 aromatic rings. The van der Waals surface area contributed by atoms with E-state index in [2.05, 4.69) is 0 Å². The summed E-state index contributed by atoms with van der Waals surface area (Å²) in [5.74, 6) is 0. The van der Waals surface area contributed by atoms with Crippen LogP contribution in [0.2, 0.25) is 0 Å². The van der Waals surface area contributed by atoms with Crippen molar-refractivity contribution in [1.82, 2.24) is 0 Å². The maximum Gasteiger partial charge on any atom is 0.126 e. The lowest BCUT2D eigenvalue weighted by Gasteiger charge is -2.37. The van der Waals surface area contributed by atoms with Crippen LogP contribution in [-0.2, 0) is 4.79 Å². The van der Waals surface area contributed by atoms with Crippen LogP contribution in [0.1, 0.15) is 39.0 Å². The summed E-state index contributed by atoms with van der Waals surface area (Å²) in [6.45, 7) is 1.95. The number of aliphatic hydroxyl groups is 1. The average molecular weight is 156 g/mol. The first-order chi connectivity index (χ1) is 5.22. The molecule has 1 saturated carbocycles. The normalized spacial score (nSPS) is 23.8. The summed E-state index contributed by atoms with van der Waals surface area (Å²) >= 11 is 0. The molecule has 0 aromatic carbocycles. The lowest BCUT2D eigenvalue weighted by Crippen LogP contribution is -2.34. The minimum atomic E-state index is -0.277. The second-order valence-corrected chi connectivity index (χ2v) is 3.60. The van der Waals surface area contributed by atoms with E-state index in [4.69, 9.17) is 0 Å². The van der Waals surface area contributed by atoms with Crippen molar-refractivity contribution in [3.8, 4) is 0 Å². The molecule has 1 aliphatic rings. The third kappa shape index (κ3) is 1.80. The van der Waals surface area contributed by atoms with Gasteiger partial charge in [-0.2, -0.15) is 0 Å². The predicted octanol–water partition coefficient (Wildman–Crippen LogP) is 1.52. The van der Waals surface area contributed by atoms with Crippen molar-refractivity contribution < 1.29 is 9.90 Å². The van der Waals surface area contributed by atoms with E-state index in [1.807, 2.05) is 6.92 Å². The molecule has 1 rings (SSSR count). The minimum absolute atomic E-state index is 0.143. The Hall–Kier alpha value is -0.370. The standard InChI is InChI=1S/C9H16O2/c1-2-8(11)6-9(7-10)4-3-5-9/h7-8,11H,2-6H2,1H3. The maximum absolute atomic E-state index is 10.6. The van der Waals surface area contributed by atoms with Gasteiger partial charge in [-0.1, -0.05) is 13.3 Å². The van der Waals surface area contributed by atoms with Gasteiger partial charge < -0.3 is 9.90 Å². The van der Waals surface area contributed by atoms with E-state index >= 15 is 0 Å². The summed E-state index contributed by atoms with van der Waals surface area (Å²) in [5.41, 5.74) is -0.143. The Morgan fingerprint density at radius 1 is 1.64 bits per heavy atom. The molecule has 1 unspecified atom stereocenters. The van der Waals surface area contributed by atoms with Crippen LogP contribution in [0.5, 0.6) is 0 Å². The number of aliphatic hydroxyl groups excluding tert-OH is 1. The van der Waals surface area contributed by atoms with Crippen molar-refractivity contribution in [1.29, 1.82) is 0 Å². The number of rotatable bonds is 4. The van der Waals surface area contributed by atoms with Gasteiger partial charge in [0.1, 0.15) is 6.29 Å². The number of hydrogen-bond acceptors (Lipinski definition) is 2. The number of aldehydes is 1. The molecule has 0 saturated heterocycles. The highest BCUT2D eigenvalue weighted by atomic mass is 16.3. The van der Waals surface area contributed by atoms with Crippen LogP contribution in [0.4, 0.5) is 0 Å². The van der Waals surface area contributed by atoms with Crippen molar-refractivity contribution >= 4 is 6.29 Å². The molecular formula is C9H16O2. The van der Waals surface area contributed by atoms with E-state index in [0.29, 0.717) is 6.42 Å². The van der Waals surface area contributed by atoms with Crippen molar-refractivity contribution in [3.05, 3.63) is 0 Å². The zero-order valence-corrected chi connectivity index (χ0v) is 7.05. The van der Waals surface area contributed by atoms with Crippen LogP contribution in [-0.4, -0.2) is 17.5 Å². The van der Waals surface area contributed by atoms with Gasteiger partial charge in [-0.15, -0.1) is 0 Å². The first-order valence-electron chi connectivity index (χ1n) is 4.37. The number of hydrogen-bond donors (Lipinski definition) is 1. The van der Waals surface area contributed by atoms with Crippen LogP contribution in [0.25, 0.3) is 0 Å². The van der Waals surface area contributed by atoms with Crippen LogP contribution in [0.15, 0.2) is 0 Å². The topological polar surface area (TPSA) is 37.3 Å². The Balaban J connectivity index is 2.38. The van der Waals surface area contributed by atoms with Gasteiger partial charge in [-0.3, -0.25) is 0 Å². The zero-order valence-electron chi connectivity index (χ0n) is 7.05. The highest BCUT2D eigenvalue weighted by Gasteiger charge is 2.37. The van der Waals surface area contributed by atoms with Gasteiger partial charge >= 0.3 is 0 Å². The fraction of sp³-hybridized carbons (Fsp3) is 0.889. The van der Waals surface area contributed by atoms with E-state index in [1.54, 1.807) is 0 Å². The van der Waals surface area contributed by atoms with Crippen molar-refractivity contribution in [2.45, 2.75) is 45.1 Å². The number of carbonyl (C=O) groups excluding carboxylic acids is 1. The maximum atomic E-state index is 10.6. The highest BCUT2D eigenvalue weighted by molar-refractivity contribution is 5.60. The van der Waals surface area contributed by atoms with E-state index in [9.17, 15) is 9.90 Å². The third-order valence-corrected chi connectivity index (χ3v) is 2.71. The third-order valence-electron chi connectivity index (χ3n) is 2.71. The molecule has 1 fully saturated rings. The van der Waals surface area contributed by atoms with Gasteiger partial charge in [-0.25, -0.2) is 0 Å². The number of carbonyl (C=O) groups is 1. The summed E-state index contributed by atoms with van der Waals surface area (Å²) in [6.07, 6.45) is 5.30. The first-order valence-corrected chi connectivity index (χ1v) is 4.37. The largest absolute Gasteiger partial charge is 0.393 e. The van der Waals surface area contributed by atoms with E-state index in [-0.39, 0.29) is 11.5 Å². The van der Waals surface area contributed by atoms with E-state index < -0.39 is 0 Å². The predicted molar refractivity (Wildman–Crippen MR) is 43.3 cm³/mol. The Labute approximate surface area is 67.6 Å². The molecule has 0 amide bonds. The van der Waals surface area contributed by atoms with Crippen LogP contribution >= 0.6 is 0 Å². The Morgan fingerprint density at radius 2 is 2.27 bits per heavy atom. The highest BCUT2D eigenvalue weighted by Crippen LogP contribution is 2.43. The first kappa shape index (κ1) is 8.72. The molecular weight excluding hydrogens is 140 g/mol. The minimum Gasteiger partial charge on any atom is -0.393 e. The molecule has 2 heteroatoms. The summed E-state index contributed by atoms with van der Waals surface area (Å²) in [7, 11) is 0. The second kappa shape index (κ2) is 3.35. The molecule has 1 N–H and O–H groups in total. The van der Waals surface area contributed by atoms with E-state index in [1.165, 1.54) is 0 Å². The van der Waals surface area contributed by atoms with Crippen LogP contribution in [0.3, 0.4) is 0 Å². The summed E-state index contributed by atoms with van der Waals surface area (Å²) in [6, 6.07) is 0. The van der Waals surface area contributed by atoms with Gasteiger partial charge in [0.15, 0.2) is 0 Å². The SMILES string of the molecule is CCC(O)CC1(C=O)CCC1. The quantitative estimate of drug-likeness (QED) is 0.626. The molecule has 11 heavy (non-hydrogen) atoms. The van der Waals surface area contributed by atoms with Gasteiger partial charge in [0.25, 0.3) is 0 Å². The van der Waals surface area contributed by atoms with Crippen LogP contribution in [0, 0.1) is 5.41 Å². The van der Waals surface area contributed by atoms with Crippen molar-refractivity contribution in [2.75, 3.05) is 0 Å². The molecule has 0 aliphatic heterocycles. The molecule has 64 valence electrons. The lowest BCUT2D eigenvalue weighted by atomic mass is 9.66. The average Bonchev–Trinajstić information content (AvgIpc) is 1.96. The zero-order chi connectivity index (χ0) is 8.32. The van der Waals surface area contributed by atoms with E-state index in [0.717, 1.165) is 32.0 Å². The molecule has 0 heterocycles. The Bertz CT molecular complexity index is 138. The van der Waals surface area contributed by atoms with Gasteiger partial charge in [0.2, 0.25) is 0 Å². The molecule has 0 radical (unpaired) electrons. The second-order valence-electron chi connectivity index (χ2n) is 3.60. The van der Waals surface area contributed by atoms with Gasteiger partial charge in [0, 0.05) is 5.41 Å². The molecule has 0 bridgehead atoms. The van der Waals surface area contributed by atoms with Crippen molar-refractivity contribution in [3.63, 3.8) is 0 Å². The lowest BCUT2D eigenvalue weighted by molar-refractivity contribution is -0.123. The summed E-state index contributed by atoms with van der Waals surface area (Å²) < 4.78 is 0. The van der Waals surface area contributed by atoms with Crippen molar-refractivity contribution in [2.24, 2.45) is 5.41 Å². The van der Waals surface area contributed by atoms with Gasteiger partial charge in [-0.05, 0) is 25.7 Å². The van der Waals surface area contributed by atoms with Gasteiger partial charge in [0.05, 0.1) is 6.10 Å². The molecule has 2 nitrogen and oxygen atoms in total. The molecule has 1 aliphatic carbocycles.